The first-order chi connectivity index (χ1) is 7.97. The van der Waals surface area contributed by atoms with Gasteiger partial charge in [0.1, 0.15) is 0 Å². The molecule has 0 saturated carbocycles. The lowest BCUT2D eigenvalue weighted by Crippen LogP contribution is -2.35. The Balaban J connectivity index is 1.99. The molecule has 0 aromatic carbocycles. The predicted molar refractivity (Wildman–Crippen MR) is 70.5 cm³/mol. The maximum Gasteiger partial charge on any atom is 0.243 e. The molecule has 2 N–H and O–H groups in total. The van der Waals surface area contributed by atoms with Crippen LogP contribution in [0.3, 0.4) is 0 Å². The Morgan fingerprint density at radius 1 is 1.59 bits per heavy atom. The van der Waals surface area contributed by atoms with E-state index in [1.807, 2.05) is 5.38 Å². The smallest absolute Gasteiger partial charge is 0.243 e. The normalized spacial score (nSPS) is 20.5. The van der Waals surface area contributed by atoms with Gasteiger partial charge in [-0.1, -0.05) is 20.8 Å². The van der Waals surface area contributed by atoms with Crippen LogP contribution in [0.4, 0.5) is 5.13 Å². The van der Waals surface area contributed by atoms with Crippen molar-refractivity contribution in [2.75, 3.05) is 11.9 Å². The molecule has 2 rings (SSSR count). The zero-order chi connectivity index (χ0) is 12.5. The summed E-state index contributed by atoms with van der Waals surface area (Å²) in [5.74, 6) is 0.0392. The molecule has 1 aromatic heterocycles. The highest BCUT2D eigenvalue weighted by Crippen LogP contribution is 2.26. The van der Waals surface area contributed by atoms with Crippen molar-refractivity contribution < 1.29 is 4.79 Å². The van der Waals surface area contributed by atoms with E-state index in [2.05, 4.69) is 36.4 Å². The topological polar surface area (TPSA) is 54.0 Å². The van der Waals surface area contributed by atoms with E-state index in [0.717, 1.165) is 25.1 Å². The zero-order valence-electron chi connectivity index (χ0n) is 10.5. The molecule has 1 saturated heterocycles. The van der Waals surface area contributed by atoms with Crippen molar-refractivity contribution in [3.05, 3.63) is 11.1 Å². The lowest BCUT2D eigenvalue weighted by Gasteiger charge is -2.14. The molecular formula is C12H19N3OS. The van der Waals surface area contributed by atoms with Crippen LogP contribution < -0.4 is 10.6 Å². The Kier molecular flexibility index (Phi) is 3.49. The monoisotopic (exact) mass is 253 g/mol. The van der Waals surface area contributed by atoms with Crippen molar-refractivity contribution in [2.24, 2.45) is 0 Å². The zero-order valence-corrected chi connectivity index (χ0v) is 11.4. The van der Waals surface area contributed by atoms with Crippen LogP contribution in [0.5, 0.6) is 0 Å². The maximum absolute atomic E-state index is 11.9. The molecule has 2 heterocycles. The molecule has 5 heteroatoms. The second-order valence-corrected chi connectivity index (χ2v) is 6.28. The van der Waals surface area contributed by atoms with Crippen molar-refractivity contribution in [1.29, 1.82) is 0 Å². The highest BCUT2D eigenvalue weighted by atomic mass is 32.1. The number of anilines is 1. The summed E-state index contributed by atoms with van der Waals surface area (Å²) in [7, 11) is 0. The number of aromatic nitrogens is 1. The third kappa shape index (κ3) is 3.04. The van der Waals surface area contributed by atoms with Gasteiger partial charge in [0.15, 0.2) is 5.13 Å². The number of nitrogens with one attached hydrogen (secondary N) is 2. The average molecular weight is 253 g/mol. The molecule has 0 aliphatic carbocycles. The van der Waals surface area contributed by atoms with E-state index in [0.29, 0.717) is 5.13 Å². The Hall–Kier alpha value is -0.940. The molecule has 1 atom stereocenters. The third-order valence-corrected chi connectivity index (χ3v) is 3.64. The largest absolute Gasteiger partial charge is 0.306 e. The minimum Gasteiger partial charge on any atom is -0.306 e. The SMILES string of the molecule is CC(C)(C)c1csc(NC(=O)C2CCCN2)n1. The van der Waals surface area contributed by atoms with E-state index in [1.165, 1.54) is 11.3 Å². The predicted octanol–water partition coefficient (Wildman–Crippen LogP) is 2.13. The second kappa shape index (κ2) is 4.74. The number of amides is 1. The summed E-state index contributed by atoms with van der Waals surface area (Å²) >= 11 is 1.49. The van der Waals surface area contributed by atoms with Crippen LogP contribution in [0.1, 0.15) is 39.3 Å². The van der Waals surface area contributed by atoms with Gasteiger partial charge in [-0.25, -0.2) is 4.98 Å². The van der Waals surface area contributed by atoms with E-state index in [9.17, 15) is 4.79 Å². The van der Waals surface area contributed by atoms with Crippen LogP contribution in [0.25, 0.3) is 0 Å². The summed E-state index contributed by atoms with van der Waals surface area (Å²) in [6.07, 6.45) is 1.99. The van der Waals surface area contributed by atoms with Gasteiger partial charge in [0.05, 0.1) is 11.7 Å². The third-order valence-electron chi connectivity index (χ3n) is 2.88. The molecule has 17 heavy (non-hydrogen) atoms. The molecule has 1 fully saturated rings. The molecule has 1 aliphatic rings. The highest BCUT2D eigenvalue weighted by Gasteiger charge is 2.23. The fraction of sp³-hybridized carbons (Fsp3) is 0.667. The van der Waals surface area contributed by atoms with Gasteiger partial charge in [-0.3, -0.25) is 4.79 Å². The van der Waals surface area contributed by atoms with Crippen molar-refractivity contribution >= 4 is 22.4 Å². The van der Waals surface area contributed by atoms with Crippen molar-refractivity contribution in [2.45, 2.75) is 45.1 Å². The van der Waals surface area contributed by atoms with Gasteiger partial charge in [0.2, 0.25) is 5.91 Å². The summed E-state index contributed by atoms with van der Waals surface area (Å²) in [4.78, 5) is 16.3. The lowest BCUT2D eigenvalue weighted by molar-refractivity contribution is -0.117. The highest BCUT2D eigenvalue weighted by molar-refractivity contribution is 7.13. The Morgan fingerprint density at radius 3 is 2.88 bits per heavy atom. The van der Waals surface area contributed by atoms with Gasteiger partial charge < -0.3 is 10.6 Å². The summed E-state index contributed by atoms with van der Waals surface area (Å²) in [5.41, 5.74) is 1.06. The molecule has 1 amide bonds. The molecule has 0 bridgehead atoms. The number of nitrogens with zero attached hydrogens (tertiary/aromatic N) is 1. The van der Waals surface area contributed by atoms with Crippen LogP contribution in [-0.2, 0) is 10.2 Å². The van der Waals surface area contributed by atoms with Crippen LogP contribution in [0.2, 0.25) is 0 Å². The van der Waals surface area contributed by atoms with Gasteiger partial charge in [0.25, 0.3) is 0 Å². The number of rotatable bonds is 2. The van der Waals surface area contributed by atoms with E-state index in [4.69, 9.17) is 0 Å². The summed E-state index contributed by atoms with van der Waals surface area (Å²) < 4.78 is 0. The maximum atomic E-state index is 11.9. The van der Waals surface area contributed by atoms with Gasteiger partial charge in [0, 0.05) is 10.8 Å². The molecule has 0 spiro atoms. The van der Waals surface area contributed by atoms with Crippen molar-refractivity contribution in [1.82, 2.24) is 10.3 Å². The summed E-state index contributed by atoms with van der Waals surface area (Å²) in [5, 5.41) is 8.77. The van der Waals surface area contributed by atoms with E-state index >= 15 is 0 Å². The first-order valence-electron chi connectivity index (χ1n) is 5.97. The van der Waals surface area contributed by atoms with Gasteiger partial charge >= 0.3 is 0 Å². The molecular weight excluding hydrogens is 234 g/mol. The van der Waals surface area contributed by atoms with Gasteiger partial charge in [-0.2, -0.15) is 0 Å². The number of hydrogen-bond acceptors (Lipinski definition) is 4. The average Bonchev–Trinajstić information content (AvgIpc) is 2.85. The molecule has 0 radical (unpaired) electrons. The second-order valence-electron chi connectivity index (χ2n) is 5.43. The fourth-order valence-electron chi connectivity index (χ4n) is 1.78. The van der Waals surface area contributed by atoms with Crippen molar-refractivity contribution in [3.63, 3.8) is 0 Å². The molecule has 1 aromatic rings. The number of hydrogen-bond donors (Lipinski definition) is 2. The Morgan fingerprint density at radius 2 is 2.35 bits per heavy atom. The first kappa shape index (κ1) is 12.5. The van der Waals surface area contributed by atoms with E-state index in [1.54, 1.807) is 0 Å². The minimum absolute atomic E-state index is 0.0328. The molecule has 94 valence electrons. The van der Waals surface area contributed by atoms with E-state index in [-0.39, 0.29) is 17.4 Å². The fourth-order valence-corrected chi connectivity index (χ4v) is 2.72. The summed E-state index contributed by atoms with van der Waals surface area (Å²) in [6, 6.07) is -0.0445. The van der Waals surface area contributed by atoms with Gasteiger partial charge in [-0.15, -0.1) is 11.3 Å². The Bertz CT molecular complexity index is 402. The van der Waals surface area contributed by atoms with Crippen LogP contribution in [-0.4, -0.2) is 23.5 Å². The quantitative estimate of drug-likeness (QED) is 0.849. The number of carbonyl (C=O) groups is 1. The Labute approximate surface area is 106 Å². The standard InChI is InChI=1S/C12H19N3OS/c1-12(2,3)9-7-17-11(14-9)15-10(16)8-5-4-6-13-8/h7-8,13H,4-6H2,1-3H3,(H,14,15,16). The minimum atomic E-state index is -0.0445. The van der Waals surface area contributed by atoms with Crippen LogP contribution in [0.15, 0.2) is 5.38 Å². The van der Waals surface area contributed by atoms with E-state index < -0.39 is 0 Å². The molecule has 1 unspecified atom stereocenters. The molecule has 4 nitrogen and oxygen atoms in total. The molecule has 1 aliphatic heterocycles. The lowest BCUT2D eigenvalue weighted by atomic mass is 9.93. The first-order valence-corrected chi connectivity index (χ1v) is 6.85. The number of carbonyl (C=O) groups excluding carboxylic acids is 1. The van der Waals surface area contributed by atoms with Crippen LogP contribution >= 0.6 is 11.3 Å². The summed E-state index contributed by atoms with van der Waals surface area (Å²) in [6.45, 7) is 7.29. The van der Waals surface area contributed by atoms with Crippen LogP contribution in [0, 0.1) is 0 Å². The number of thiazole rings is 1. The van der Waals surface area contributed by atoms with Crippen molar-refractivity contribution in [3.8, 4) is 0 Å². The van der Waals surface area contributed by atoms with Gasteiger partial charge in [-0.05, 0) is 19.4 Å².